The van der Waals surface area contributed by atoms with Crippen molar-refractivity contribution in [2.75, 3.05) is 13.6 Å². The van der Waals surface area contributed by atoms with Crippen LogP contribution in [0, 0.1) is 13.1 Å². The van der Waals surface area contributed by atoms with E-state index in [9.17, 15) is 4.79 Å². The van der Waals surface area contributed by atoms with Crippen LogP contribution in [0.1, 0.15) is 104 Å². The van der Waals surface area contributed by atoms with Crippen molar-refractivity contribution in [2.24, 2.45) is 0 Å². The molecule has 0 saturated carbocycles. The van der Waals surface area contributed by atoms with Crippen molar-refractivity contribution in [1.29, 1.82) is 0 Å². The molecule has 0 saturated heterocycles. The molecule has 194 valence electrons. The summed E-state index contributed by atoms with van der Waals surface area (Å²) in [6.45, 7) is 19.7. The van der Waals surface area contributed by atoms with Crippen LogP contribution in [0.4, 0.5) is 0 Å². The molecule has 0 aliphatic rings. The van der Waals surface area contributed by atoms with Gasteiger partial charge in [0.1, 0.15) is 0 Å². The summed E-state index contributed by atoms with van der Waals surface area (Å²) in [5.74, 6) is -0.265. The van der Waals surface area contributed by atoms with Gasteiger partial charge >= 0.3 is 0 Å². The normalized spacial score (nSPS) is 12.7. The summed E-state index contributed by atoms with van der Waals surface area (Å²) in [6.07, 6.45) is 18.2. The van der Waals surface area contributed by atoms with Crippen LogP contribution in [-0.2, 0) is 4.79 Å². The predicted octanol–water partition coefficient (Wildman–Crippen LogP) is 7.18. The highest BCUT2D eigenvalue weighted by molar-refractivity contribution is 6.16. The van der Waals surface area contributed by atoms with Gasteiger partial charge in [-0.1, -0.05) is 115 Å². The topological polar surface area (TPSA) is 44.8 Å². The van der Waals surface area contributed by atoms with E-state index in [1.807, 2.05) is 24.3 Å². The Bertz CT molecular complexity index is 1160. The van der Waals surface area contributed by atoms with E-state index in [0.29, 0.717) is 22.9 Å². The van der Waals surface area contributed by atoms with E-state index in [0.717, 1.165) is 23.6 Å². The lowest BCUT2D eigenvalue weighted by Crippen LogP contribution is -2.31. The number of hydrogen-bond donors (Lipinski definition) is 1. The number of carbonyl (C=O) groups excluding carboxylic acids is 1. The fraction of sp³-hybridized carbons (Fsp3) is 0.581. The number of aromatic nitrogens is 1. The fourth-order valence-corrected chi connectivity index (χ4v) is 4.74. The van der Waals surface area contributed by atoms with Crippen LogP contribution >= 0.6 is 0 Å². The zero-order chi connectivity index (χ0) is 26.2. The van der Waals surface area contributed by atoms with E-state index in [2.05, 4.69) is 21.6 Å². The van der Waals surface area contributed by atoms with Crippen molar-refractivity contribution in [3.63, 3.8) is 0 Å². The molecule has 2 aromatic rings. The highest BCUT2D eigenvalue weighted by atomic mass is 16.2. The van der Waals surface area contributed by atoms with Crippen LogP contribution in [0.15, 0.2) is 24.3 Å². The SMILES string of the molecule is [C-]#[N+]/C(C)=c1/[nH]/c(=C(/[N+]#[C-])C(=O)N(C)CCCCCCCCCCCCCCCC)c2ccccc12. The van der Waals surface area contributed by atoms with Crippen LogP contribution in [0.3, 0.4) is 0 Å². The van der Waals surface area contributed by atoms with Gasteiger partial charge in [-0.3, -0.25) is 4.79 Å². The maximum atomic E-state index is 13.1. The van der Waals surface area contributed by atoms with Crippen molar-refractivity contribution < 1.29 is 4.79 Å². The van der Waals surface area contributed by atoms with Crippen molar-refractivity contribution >= 4 is 28.1 Å². The number of benzene rings is 1. The number of nitrogens with zero attached hydrogens (tertiary/aromatic N) is 3. The Morgan fingerprint density at radius 1 is 0.778 bits per heavy atom. The molecule has 0 aliphatic carbocycles. The molecule has 0 atom stereocenters. The lowest BCUT2D eigenvalue weighted by atomic mass is 10.0. The molecule has 0 radical (unpaired) electrons. The van der Waals surface area contributed by atoms with Gasteiger partial charge in [-0.25, -0.2) is 9.69 Å². The average Bonchev–Trinajstić information content (AvgIpc) is 3.28. The van der Waals surface area contributed by atoms with Gasteiger partial charge in [-0.05, 0) is 24.1 Å². The first-order valence-corrected chi connectivity index (χ1v) is 13.9. The molecule has 1 N–H and O–H groups in total. The molecule has 1 aromatic carbocycles. The van der Waals surface area contributed by atoms with Crippen LogP contribution in [0.5, 0.6) is 0 Å². The zero-order valence-corrected chi connectivity index (χ0v) is 22.7. The molecule has 0 aliphatic heterocycles. The minimum atomic E-state index is -0.265. The van der Waals surface area contributed by atoms with Crippen molar-refractivity contribution in [1.82, 2.24) is 9.88 Å². The van der Waals surface area contributed by atoms with Crippen molar-refractivity contribution in [2.45, 2.75) is 104 Å². The first-order valence-electron chi connectivity index (χ1n) is 13.9. The van der Waals surface area contributed by atoms with E-state index in [1.54, 1.807) is 18.9 Å². The van der Waals surface area contributed by atoms with Crippen LogP contribution in [0.2, 0.25) is 0 Å². The molecule has 36 heavy (non-hydrogen) atoms. The largest absolute Gasteiger partial charge is 0.373 e. The second-order valence-corrected chi connectivity index (χ2v) is 9.90. The first kappa shape index (κ1) is 29.2. The molecule has 0 fully saturated rings. The maximum Gasteiger partial charge on any atom is 0.273 e. The molecule has 5 nitrogen and oxygen atoms in total. The summed E-state index contributed by atoms with van der Waals surface area (Å²) in [6, 6.07) is 7.61. The first-order chi connectivity index (χ1) is 17.5. The molecule has 0 spiro atoms. The number of amides is 1. The highest BCUT2D eigenvalue weighted by Gasteiger charge is 2.18. The second-order valence-electron chi connectivity index (χ2n) is 9.90. The molecule has 2 rings (SSSR count). The number of fused-ring (bicyclic) bond motifs is 1. The minimum Gasteiger partial charge on any atom is -0.373 e. The molecule has 1 heterocycles. The van der Waals surface area contributed by atoms with E-state index < -0.39 is 0 Å². The van der Waals surface area contributed by atoms with Gasteiger partial charge < -0.3 is 9.88 Å². The molecule has 5 heteroatoms. The third-order valence-corrected chi connectivity index (χ3v) is 6.99. The third kappa shape index (κ3) is 8.87. The quantitative estimate of drug-likeness (QED) is 0.197. The summed E-state index contributed by atoms with van der Waals surface area (Å²) in [7, 11) is 1.78. The van der Waals surface area contributed by atoms with Crippen molar-refractivity contribution in [3.05, 3.63) is 57.8 Å². The second kappa shape index (κ2) is 16.6. The Labute approximate surface area is 217 Å². The highest BCUT2D eigenvalue weighted by Crippen LogP contribution is 2.14. The van der Waals surface area contributed by atoms with Crippen LogP contribution in [-0.4, -0.2) is 29.4 Å². The number of hydrogen-bond acceptors (Lipinski definition) is 1. The van der Waals surface area contributed by atoms with Gasteiger partial charge in [-0.15, -0.1) is 0 Å². The average molecular weight is 489 g/mol. The summed E-state index contributed by atoms with van der Waals surface area (Å²) >= 11 is 0. The minimum absolute atomic E-state index is 0.0862. The molecule has 0 bridgehead atoms. The number of nitrogens with one attached hydrogen (secondary N) is 1. The number of unbranched alkanes of at least 4 members (excludes halogenated alkanes) is 13. The van der Waals surface area contributed by atoms with Gasteiger partial charge in [-0.2, -0.15) is 0 Å². The summed E-state index contributed by atoms with van der Waals surface area (Å²) < 4.78 is 0. The molecule has 1 aromatic heterocycles. The Kier molecular flexibility index (Phi) is 13.4. The van der Waals surface area contributed by atoms with Gasteiger partial charge in [0.05, 0.1) is 18.5 Å². The van der Waals surface area contributed by atoms with Crippen LogP contribution in [0.25, 0.3) is 31.9 Å². The Balaban J connectivity index is 1.78. The van der Waals surface area contributed by atoms with E-state index in [-0.39, 0.29) is 11.6 Å². The van der Waals surface area contributed by atoms with E-state index in [1.165, 1.54) is 77.0 Å². The predicted molar refractivity (Wildman–Crippen MR) is 151 cm³/mol. The van der Waals surface area contributed by atoms with Gasteiger partial charge in [0.15, 0.2) is 5.70 Å². The van der Waals surface area contributed by atoms with E-state index in [4.69, 9.17) is 13.1 Å². The zero-order valence-electron chi connectivity index (χ0n) is 22.7. The van der Waals surface area contributed by atoms with Gasteiger partial charge in [0, 0.05) is 18.9 Å². The smallest absolute Gasteiger partial charge is 0.273 e. The maximum absolute atomic E-state index is 13.1. The summed E-state index contributed by atoms with van der Waals surface area (Å²) in [4.78, 5) is 25.1. The Morgan fingerprint density at radius 2 is 1.25 bits per heavy atom. The summed E-state index contributed by atoms with van der Waals surface area (Å²) in [5, 5.41) is 2.86. The van der Waals surface area contributed by atoms with Crippen LogP contribution < -0.4 is 10.7 Å². The van der Waals surface area contributed by atoms with E-state index >= 15 is 0 Å². The Morgan fingerprint density at radius 3 is 1.72 bits per heavy atom. The Hall–Kier alpha value is -3.05. The summed E-state index contributed by atoms with van der Waals surface area (Å²) in [5.41, 5.74) is 0.605. The molecular formula is C31H44N4O. The monoisotopic (exact) mass is 488 g/mol. The number of aromatic amines is 1. The molecule has 1 amide bonds. The third-order valence-electron chi connectivity index (χ3n) is 6.99. The lowest BCUT2D eigenvalue weighted by molar-refractivity contribution is -0.123. The number of H-pyrrole nitrogens is 1. The number of likely N-dealkylation sites (N-methyl/N-ethyl adjacent to an activating group) is 1. The number of rotatable bonds is 16. The molecular weight excluding hydrogens is 444 g/mol. The standard InChI is InChI=1S/C31H44N4O/c1-6-7-8-9-10-11-12-13-14-15-16-17-18-21-24-35(5)31(36)30(33-4)29-27-23-20-19-22-26(27)28(34-29)25(2)32-3/h19-20,22-23,34H,6-18,21,24H2,1-2,5H3/b28-25+,30-29+. The lowest BCUT2D eigenvalue weighted by Gasteiger charge is -2.16. The molecule has 0 unspecified atom stereocenters. The number of carbonyl (C=O) groups is 1. The van der Waals surface area contributed by atoms with Gasteiger partial charge in [0.25, 0.3) is 11.6 Å². The van der Waals surface area contributed by atoms with Gasteiger partial charge in [0.2, 0.25) is 0 Å². The van der Waals surface area contributed by atoms with Crippen molar-refractivity contribution in [3.8, 4) is 0 Å². The fourth-order valence-electron chi connectivity index (χ4n) is 4.74.